The van der Waals surface area contributed by atoms with E-state index < -0.39 is 5.60 Å². The van der Waals surface area contributed by atoms with Crippen LogP contribution in [0.25, 0.3) is 0 Å². The molecule has 1 aromatic carbocycles. The van der Waals surface area contributed by atoms with E-state index in [0.29, 0.717) is 5.92 Å². The number of nitrogens with zero attached hydrogens (tertiary/aromatic N) is 1. The Bertz CT molecular complexity index is 399. The van der Waals surface area contributed by atoms with Gasteiger partial charge in [-0.15, -0.1) is 0 Å². The topological polar surface area (TPSA) is 44.0 Å². The molecule has 0 radical (unpaired) electrons. The van der Waals surface area contributed by atoms with Gasteiger partial charge in [0, 0.05) is 0 Å². The number of nitriles is 1. The van der Waals surface area contributed by atoms with Crippen LogP contribution in [0.4, 0.5) is 0 Å². The fraction of sp³-hybridized carbons (Fsp3) is 0.533. The molecule has 0 aromatic heterocycles. The summed E-state index contributed by atoms with van der Waals surface area (Å²) in [5, 5.41) is 19.3. The minimum absolute atomic E-state index is 0.265. The van der Waals surface area contributed by atoms with E-state index in [2.05, 4.69) is 30.3 Å². The predicted molar refractivity (Wildman–Crippen MR) is 67.4 cm³/mol. The maximum Gasteiger partial charge on any atom is 0.0803 e. The monoisotopic (exact) mass is 229 g/mol. The van der Waals surface area contributed by atoms with Crippen molar-refractivity contribution in [2.75, 3.05) is 0 Å². The Morgan fingerprint density at radius 1 is 1.29 bits per heavy atom. The number of benzene rings is 1. The van der Waals surface area contributed by atoms with E-state index in [9.17, 15) is 5.11 Å². The van der Waals surface area contributed by atoms with Crippen molar-refractivity contribution in [3.8, 4) is 6.07 Å². The second-order valence-corrected chi connectivity index (χ2v) is 5.14. The summed E-state index contributed by atoms with van der Waals surface area (Å²) in [5.41, 5.74) is 0.596. The molecule has 1 fully saturated rings. The maximum atomic E-state index is 10.4. The lowest BCUT2D eigenvalue weighted by atomic mass is 9.71. The summed E-state index contributed by atoms with van der Waals surface area (Å²) in [6, 6.07) is 12.6. The average molecular weight is 229 g/mol. The van der Waals surface area contributed by atoms with Crippen LogP contribution < -0.4 is 0 Å². The zero-order chi connectivity index (χ0) is 12.3. The van der Waals surface area contributed by atoms with Crippen LogP contribution in [0.2, 0.25) is 0 Å². The molecule has 1 saturated carbocycles. The number of aliphatic hydroxyl groups is 1. The van der Waals surface area contributed by atoms with Crippen LogP contribution in [-0.2, 0) is 0 Å². The average Bonchev–Trinajstić information content (AvgIpc) is 2.39. The van der Waals surface area contributed by atoms with Crippen molar-refractivity contribution >= 4 is 0 Å². The highest BCUT2D eigenvalue weighted by Gasteiger charge is 2.38. The van der Waals surface area contributed by atoms with E-state index in [1.165, 1.54) is 5.56 Å². The van der Waals surface area contributed by atoms with Crippen molar-refractivity contribution in [2.45, 2.75) is 44.1 Å². The van der Waals surface area contributed by atoms with Gasteiger partial charge in [-0.25, -0.2) is 0 Å². The summed E-state index contributed by atoms with van der Waals surface area (Å²) in [6.07, 6.45) is 3.43. The molecule has 2 rings (SSSR count). The molecular weight excluding hydrogens is 210 g/mol. The van der Waals surface area contributed by atoms with Crippen LogP contribution in [0.5, 0.6) is 0 Å². The first-order valence-corrected chi connectivity index (χ1v) is 6.32. The number of hydrogen-bond donors (Lipinski definition) is 1. The fourth-order valence-electron chi connectivity index (χ4n) is 2.73. The van der Waals surface area contributed by atoms with Crippen molar-refractivity contribution in [2.24, 2.45) is 5.92 Å². The van der Waals surface area contributed by atoms with Crippen LogP contribution in [0.3, 0.4) is 0 Å². The first-order chi connectivity index (χ1) is 8.15. The van der Waals surface area contributed by atoms with Crippen molar-refractivity contribution in [3.63, 3.8) is 0 Å². The fourth-order valence-corrected chi connectivity index (χ4v) is 2.73. The van der Waals surface area contributed by atoms with Gasteiger partial charge in [0.1, 0.15) is 0 Å². The van der Waals surface area contributed by atoms with Gasteiger partial charge in [-0.1, -0.05) is 30.3 Å². The van der Waals surface area contributed by atoms with E-state index in [4.69, 9.17) is 5.26 Å². The molecule has 1 N–H and O–H groups in total. The molecule has 90 valence electrons. The quantitative estimate of drug-likeness (QED) is 0.846. The molecule has 1 aliphatic rings. The van der Waals surface area contributed by atoms with Crippen LogP contribution in [-0.4, -0.2) is 10.7 Å². The van der Waals surface area contributed by atoms with Crippen LogP contribution >= 0.6 is 0 Å². The molecule has 1 aromatic rings. The molecule has 1 unspecified atom stereocenters. The predicted octanol–water partition coefficient (Wildman–Crippen LogP) is 3.23. The van der Waals surface area contributed by atoms with Crippen LogP contribution in [0, 0.1) is 17.2 Å². The van der Waals surface area contributed by atoms with E-state index >= 15 is 0 Å². The number of rotatable bonds is 2. The Morgan fingerprint density at radius 2 is 1.88 bits per heavy atom. The smallest absolute Gasteiger partial charge is 0.0803 e. The summed E-state index contributed by atoms with van der Waals surface area (Å²) in [5.74, 6) is 0.279. The molecule has 0 saturated heterocycles. The van der Waals surface area contributed by atoms with Gasteiger partial charge >= 0.3 is 0 Å². The lowest BCUT2D eigenvalue weighted by molar-refractivity contribution is -0.0292. The van der Waals surface area contributed by atoms with Gasteiger partial charge in [0.2, 0.25) is 0 Å². The van der Waals surface area contributed by atoms with Gasteiger partial charge in [-0.3, -0.25) is 0 Å². The third-order valence-electron chi connectivity index (χ3n) is 4.12. The molecule has 0 bridgehead atoms. The normalized spacial score (nSPS) is 30.5. The molecule has 0 amide bonds. The maximum absolute atomic E-state index is 10.4. The standard InChI is InChI=1S/C15H19NO/c1-12(11-16)15(17)9-7-14(8-10-15)13-5-3-2-4-6-13/h2-6,12,14,17H,7-10H2,1H3. The molecular formula is C15H19NO. The molecule has 0 aliphatic heterocycles. The Balaban J connectivity index is 2.02. The summed E-state index contributed by atoms with van der Waals surface area (Å²) in [6.45, 7) is 1.82. The van der Waals surface area contributed by atoms with Gasteiger partial charge in [-0.2, -0.15) is 5.26 Å². The second-order valence-electron chi connectivity index (χ2n) is 5.14. The van der Waals surface area contributed by atoms with E-state index in [1.54, 1.807) is 0 Å². The SMILES string of the molecule is CC(C#N)C1(O)CCC(c2ccccc2)CC1. The van der Waals surface area contributed by atoms with Gasteiger partial charge in [0.15, 0.2) is 0 Å². The Morgan fingerprint density at radius 3 is 2.41 bits per heavy atom. The lowest BCUT2D eigenvalue weighted by Crippen LogP contribution is -2.39. The van der Waals surface area contributed by atoms with Gasteiger partial charge in [0.25, 0.3) is 0 Å². The minimum atomic E-state index is -0.764. The molecule has 0 heterocycles. The molecule has 2 heteroatoms. The van der Waals surface area contributed by atoms with Crippen LogP contribution in [0.1, 0.15) is 44.1 Å². The van der Waals surface area contributed by atoms with Gasteiger partial charge in [0.05, 0.1) is 17.6 Å². The Labute approximate surface area is 103 Å². The molecule has 1 atom stereocenters. The van der Waals surface area contributed by atoms with Crippen molar-refractivity contribution < 1.29 is 5.11 Å². The van der Waals surface area contributed by atoms with Crippen LogP contribution in [0.15, 0.2) is 30.3 Å². The van der Waals surface area contributed by atoms with Crippen molar-refractivity contribution in [1.82, 2.24) is 0 Å². The molecule has 2 nitrogen and oxygen atoms in total. The zero-order valence-electron chi connectivity index (χ0n) is 10.3. The van der Waals surface area contributed by atoms with Gasteiger partial charge < -0.3 is 5.11 Å². The van der Waals surface area contributed by atoms with E-state index in [0.717, 1.165) is 25.7 Å². The van der Waals surface area contributed by atoms with E-state index in [-0.39, 0.29) is 5.92 Å². The lowest BCUT2D eigenvalue weighted by Gasteiger charge is -2.37. The highest BCUT2D eigenvalue weighted by molar-refractivity contribution is 5.20. The largest absolute Gasteiger partial charge is 0.389 e. The third-order valence-corrected chi connectivity index (χ3v) is 4.12. The highest BCUT2D eigenvalue weighted by atomic mass is 16.3. The molecule has 0 spiro atoms. The summed E-state index contributed by atoms with van der Waals surface area (Å²) >= 11 is 0. The molecule has 1 aliphatic carbocycles. The number of hydrogen-bond acceptors (Lipinski definition) is 2. The first kappa shape index (κ1) is 12.1. The highest BCUT2D eigenvalue weighted by Crippen LogP contribution is 2.41. The second kappa shape index (κ2) is 4.89. The summed E-state index contributed by atoms with van der Waals surface area (Å²) < 4.78 is 0. The Kier molecular flexibility index (Phi) is 3.49. The summed E-state index contributed by atoms with van der Waals surface area (Å²) in [4.78, 5) is 0. The van der Waals surface area contributed by atoms with E-state index in [1.807, 2.05) is 13.0 Å². The first-order valence-electron chi connectivity index (χ1n) is 6.32. The van der Waals surface area contributed by atoms with Gasteiger partial charge in [-0.05, 0) is 44.1 Å². The summed E-state index contributed by atoms with van der Waals surface area (Å²) in [7, 11) is 0. The van der Waals surface area contributed by atoms with Crippen molar-refractivity contribution in [1.29, 1.82) is 5.26 Å². The third kappa shape index (κ3) is 2.50. The van der Waals surface area contributed by atoms with Crippen molar-refractivity contribution in [3.05, 3.63) is 35.9 Å². The molecule has 17 heavy (non-hydrogen) atoms. The minimum Gasteiger partial charge on any atom is -0.389 e. The Hall–Kier alpha value is -1.33. The zero-order valence-corrected chi connectivity index (χ0v) is 10.3.